The zero-order valence-electron chi connectivity index (χ0n) is 18.2. The predicted octanol–water partition coefficient (Wildman–Crippen LogP) is 4.70. The largest absolute Gasteiger partial charge is 0.339 e. The van der Waals surface area contributed by atoms with Gasteiger partial charge in [0.25, 0.3) is 0 Å². The number of benzene rings is 1. The minimum atomic E-state index is -0.128. The van der Waals surface area contributed by atoms with Crippen molar-refractivity contribution in [1.82, 2.24) is 15.0 Å². The minimum absolute atomic E-state index is 0.0120. The topological polar surface area (TPSA) is 71.3 Å². The third-order valence-electron chi connectivity index (χ3n) is 5.50. The number of aromatic nitrogens is 2. The molecular formula is C23H34N4O2. The lowest BCUT2D eigenvalue weighted by molar-refractivity contribution is -0.116. The van der Waals surface area contributed by atoms with Gasteiger partial charge in [0, 0.05) is 36.5 Å². The highest BCUT2D eigenvalue weighted by atomic mass is 16.5. The highest BCUT2D eigenvalue weighted by Gasteiger charge is 2.21. The van der Waals surface area contributed by atoms with E-state index >= 15 is 0 Å². The van der Waals surface area contributed by atoms with Gasteiger partial charge >= 0.3 is 0 Å². The summed E-state index contributed by atoms with van der Waals surface area (Å²) in [6.07, 6.45) is 5.65. The van der Waals surface area contributed by atoms with E-state index in [4.69, 9.17) is 4.52 Å². The molecule has 0 radical (unpaired) electrons. The monoisotopic (exact) mass is 398 g/mol. The van der Waals surface area contributed by atoms with Crippen molar-refractivity contribution in [1.29, 1.82) is 0 Å². The summed E-state index contributed by atoms with van der Waals surface area (Å²) in [6, 6.07) is 8.87. The van der Waals surface area contributed by atoms with Gasteiger partial charge in [0.2, 0.25) is 11.8 Å². The Labute approximate surface area is 174 Å². The molecule has 3 rings (SSSR count). The summed E-state index contributed by atoms with van der Waals surface area (Å²) in [4.78, 5) is 19.2. The molecule has 1 N–H and O–H groups in total. The molecule has 2 heterocycles. The molecule has 0 bridgehead atoms. The predicted molar refractivity (Wildman–Crippen MR) is 115 cm³/mol. The SMILES string of the molecule is C[C@H]1CCCCN1Cc1ccc(NC(=O)CCCc2nc(C(C)(C)C)no2)cc1. The second-order valence-corrected chi connectivity index (χ2v) is 9.18. The van der Waals surface area contributed by atoms with Crippen LogP contribution in [0.3, 0.4) is 0 Å². The number of amides is 1. The molecule has 1 aromatic heterocycles. The molecule has 6 nitrogen and oxygen atoms in total. The summed E-state index contributed by atoms with van der Waals surface area (Å²) in [5.74, 6) is 1.31. The quantitative estimate of drug-likeness (QED) is 0.732. The van der Waals surface area contributed by atoms with Crippen molar-refractivity contribution in [3.8, 4) is 0 Å². The molecule has 2 aromatic rings. The maximum absolute atomic E-state index is 12.2. The highest BCUT2D eigenvalue weighted by molar-refractivity contribution is 5.90. The van der Waals surface area contributed by atoms with Crippen molar-refractivity contribution in [2.45, 2.75) is 84.2 Å². The molecule has 6 heteroatoms. The highest BCUT2D eigenvalue weighted by Crippen LogP contribution is 2.21. The van der Waals surface area contributed by atoms with Crippen LogP contribution < -0.4 is 5.32 Å². The van der Waals surface area contributed by atoms with Crippen LogP contribution >= 0.6 is 0 Å². The maximum atomic E-state index is 12.2. The van der Waals surface area contributed by atoms with E-state index in [2.05, 4.69) is 39.4 Å². The molecule has 0 aliphatic carbocycles. The van der Waals surface area contributed by atoms with Crippen LogP contribution in [-0.4, -0.2) is 33.5 Å². The molecule has 1 amide bonds. The zero-order chi connectivity index (χ0) is 20.9. The molecular weight excluding hydrogens is 364 g/mol. The summed E-state index contributed by atoms with van der Waals surface area (Å²) in [6.45, 7) is 10.6. The average Bonchev–Trinajstić information content (AvgIpc) is 3.15. The Morgan fingerprint density at radius 2 is 2.00 bits per heavy atom. The molecule has 1 aliphatic heterocycles. The Balaban J connectivity index is 1.41. The van der Waals surface area contributed by atoms with Crippen LogP contribution in [0.5, 0.6) is 0 Å². The Morgan fingerprint density at radius 1 is 1.24 bits per heavy atom. The van der Waals surface area contributed by atoms with Crippen molar-refractivity contribution in [2.24, 2.45) is 0 Å². The lowest BCUT2D eigenvalue weighted by Crippen LogP contribution is -2.36. The smallest absolute Gasteiger partial charge is 0.226 e. The van der Waals surface area contributed by atoms with Gasteiger partial charge in [0.05, 0.1) is 0 Å². The van der Waals surface area contributed by atoms with Crippen molar-refractivity contribution in [2.75, 3.05) is 11.9 Å². The number of hydrogen-bond donors (Lipinski definition) is 1. The van der Waals surface area contributed by atoms with Crippen molar-refractivity contribution in [3.63, 3.8) is 0 Å². The van der Waals surface area contributed by atoms with Crippen LogP contribution in [0.1, 0.15) is 77.1 Å². The third kappa shape index (κ3) is 6.39. The molecule has 29 heavy (non-hydrogen) atoms. The van der Waals surface area contributed by atoms with E-state index in [0.717, 1.165) is 12.2 Å². The van der Waals surface area contributed by atoms with E-state index in [1.165, 1.54) is 31.4 Å². The third-order valence-corrected chi connectivity index (χ3v) is 5.50. The van der Waals surface area contributed by atoms with Crippen molar-refractivity contribution in [3.05, 3.63) is 41.5 Å². The van der Waals surface area contributed by atoms with Crippen LogP contribution in [0.4, 0.5) is 5.69 Å². The molecule has 1 fully saturated rings. The number of nitrogens with zero attached hydrogens (tertiary/aromatic N) is 3. The van der Waals surface area contributed by atoms with Gasteiger partial charge in [-0.1, -0.05) is 44.5 Å². The lowest BCUT2D eigenvalue weighted by atomic mass is 9.96. The summed E-state index contributed by atoms with van der Waals surface area (Å²) >= 11 is 0. The number of likely N-dealkylation sites (tertiary alicyclic amines) is 1. The Kier molecular flexibility index (Phi) is 7.06. The van der Waals surface area contributed by atoms with Crippen LogP contribution in [0.25, 0.3) is 0 Å². The van der Waals surface area contributed by atoms with Crippen LogP contribution in [0.15, 0.2) is 28.8 Å². The van der Waals surface area contributed by atoms with Gasteiger partial charge in [0.1, 0.15) is 0 Å². The maximum Gasteiger partial charge on any atom is 0.226 e. The first-order chi connectivity index (χ1) is 13.8. The first-order valence-corrected chi connectivity index (χ1v) is 10.8. The first-order valence-electron chi connectivity index (χ1n) is 10.8. The number of carbonyl (C=O) groups is 1. The fourth-order valence-corrected chi connectivity index (χ4v) is 3.61. The van der Waals surface area contributed by atoms with Crippen molar-refractivity contribution < 1.29 is 9.32 Å². The van der Waals surface area contributed by atoms with E-state index in [9.17, 15) is 4.79 Å². The van der Waals surface area contributed by atoms with E-state index < -0.39 is 0 Å². The van der Waals surface area contributed by atoms with Gasteiger partial charge in [-0.25, -0.2) is 0 Å². The fourth-order valence-electron chi connectivity index (χ4n) is 3.61. The second-order valence-electron chi connectivity index (χ2n) is 9.18. The van der Waals surface area contributed by atoms with Gasteiger partial charge in [-0.2, -0.15) is 4.98 Å². The molecule has 1 atom stereocenters. The van der Waals surface area contributed by atoms with E-state index in [1.807, 2.05) is 32.9 Å². The van der Waals surface area contributed by atoms with Gasteiger partial charge in [-0.05, 0) is 50.4 Å². The summed E-state index contributed by atoms with van der Waals surface area (Å²) < 4.78 is 5.28. The molecule has 0 saturated carbocycles. The normalized spacial score (nSPS) is 18.0. The average molecular weight is 399 g/mol. The number of anilines is 1. The Morgan fingerprint density at radius 3 is 2.66 bits per heavy atom. The molecule has 1 aliphatic rings. The standard InChI is InChI=1S/C23H34N4O2/c1-17-8-5-6-15-27(17)16-18-11-13-19(14-12-18)24-20(28)9-7-10-21-25-22(26-29-21)23(2,3)4/h11-14,17H,5-10,15-16H2,1-4H3,(H,24,28)/t17-/m0/s1. The van der Waals surface area contributed by atoms with Gasteiger partial charge < -0.3 is 9.84 Å². The van der Waals surface area contributed by atoms with E-state index in [-0.39, 0.29) is 11.3 Å². The van der Waals surface area contributed by atoms with Crippen molar-refractivity contribution >= 4 is 11.6 Å². The summed E-state index contributed by atoms with van der Waals surface area (Å²) in [5.41, 5.74) is 2.01. The lowest BCUT2D eigenvalue weighted by Gasteiger charge is -2.33. The molecule has 1 aromatic carbocycles. The second kappa shape index (κ2) is 9.53. The van der Waals surface area contributed by atoms with E-state index in [0.29, 0.717) is 37.0 Å². The molecule has 0 unspecified atom stereocenters. The number of piperidine rings is 1. The van der Waals surface area contributed by atoms with E-state index in [1.54, 1.807) is 0 Å². The van der Waals surface area contributed by atoms with Crippen LogP contribution in [-0.2, 0) is 23.2 Å². The number of carbonyl (C=O) groups excluding carboxylic acids is 1. The molecule has 1 saturated heterocycles. The van der Waals surface area contributed by atoms with Gasteiger partial charge in [0.15, 0.2) is 5.82 Å². The van der Waals surface area contributed by atoms with Crippen LogP contribution in [0, 0.1) is 0 Å². The fraction of sp³-hybridized carbons (Fsp3) is 0.609. The number of nitrogens with one attached hydrogen (secondary N) is 1. The van der Waals surface area contributed by atoms with Gasteiger partial charge in [-0.3, -0.25) is 9.69 Å². The van der Waals surface area contributed by atoms with Crippen LogP contribution in [0.2, 0.25) is 0 Å². The van der Waals surface area contributed by atoms with Gasteiger partial charge in [-0.15, -0.1) is 0 Å². The minimum Gasteiger partial charge on any atom is -0.339 e. The first kappa shape index (κ1) is 21.5. The molecule has 158 valence electrons. The number of hydrogen-bond acceptors (Lipinski definition) is 5. The number of aryl methyl sites for hydroxylation is 1. The number of rotatable bonds is 7. The molecule has 0 spiro atoms. The summed E-state index contributed by atoms with van der Waals surface area (Å²) in [7, 11) is 0. The Bertz CT molecular complexity index is 792. The summed E-state index contributed by atoms with van der Waals surface area (Å²) in [5, 5.41) is 7.00. The Hall–Kier alpha value is -2.21. The zero-order valence-corrected chi connectivity index (χ0v) is 18.2.